The Kier molecular flexibility index (Phi) is 2.00. The zero-order valence-electron chi connectivity index (χ0n) is 8.00. The van der Waals surface area contributed by atoms with Crippen LogP contribution >= 0.6 is 0 Å². The first kappa shape index (κ1) is 8.91. The molecule has 0 amide bonds. The molecular weight excluding hydrogens is 168 g/mol. The third-order valence-corrected chi connectivity index (χ3v) is 2.64. The van der Waals surface area contributed by atoms with Crippen LogP contribution < -0.4 is 0 Å². The summed E-state index contributed by atoms with van der Waals surface area (Å²) in [6.07, 6.45) is 2.48. The lowest BCUT2D eigenvalue weighted by molar-refractivity contribution is -0.146. The van der Waals surface area contributed by atoms with E-state index in [0.29, 0.717) is 19.6 Å². The van der Waals surface area contributed by atoms with Gasteiger partial charge in [-0.25, -0.2) is 0 Å². The first-order valence-corrected chi connectivity index (χ1v) is 4.64. The molecule has 0 N–H and O–H groups in total. The highest BCUT2D eigenvalue weighted by Gasteiger charge is 2.41. The number of ketones is 1. The molecule has 2 aliphatic rings. The van der Waals surface area contributed by atoms with Gasteiger partial charge in [-0.1, -0.05) is 6.92 Å². The molecule has 1 aliphatic carbocycles. The third kappa shape index (κ3) is 1.42. The van der Waals surface area contributed by atoms with Crippen LogP contribution in [0.3, 0.4) is 0 Å². The van der Waals surface area contributed by atoms with E-state index >= 15 is 0 Å². The van der Waals surface area contributed by atoms with E-state index in [9.17, 15) is 4.79 Å². The molecule has 2 rings (SSSR count). The highest BCUT2D eigenvalue weighted by molar-refractivity contribution is 5.97. The van der Waals surface area contributed by atoms with Gasteiger partial charge in [-0.2, -0.15) is 0 Å². The van der Waals surface area contributed by atoms with Gasteiger partial charge < -0.3 is 9.47 Å². The molecule has 1 fully saturated rings. The molecule has 0 radical (unpaired) electrons. The highest BCUT2D eigenvalue weighted by atomic mass is 16.7. The molecule has 72 valence electrons. The Morgan fingerprint density at radius 2 is 2.08 bits per heavy atom. The van der Waals surface area contributed by atoms with E-state index < -0.39 is 5.79 Å². The Morgan fingerprint density at radius 3 is 2.62 bits per heavy atom. The van der Waals surface area contributed by atoms with Crippen LogP contribution in [0.15, 0.2) is 11.6 Å². The lowest BCUT2D eigenvalue weighted by Gasteiger charge is -2.31. The van der Waals surface area contributed by atoms with Crippen LogP contribution in [0.1, 0.15) is 20.3 Å². The summed E-state index contributed by atoms with van der Waals surface area (Å²) in [5.41, 5.74) is 0.764. The van der Waals surface area contributed by atoms with E-state index in [4.69, 9.17) is 9.47 Å². The normalized spacial score (nSPS) is 32.3. The number of carbonyl (C=O) groups excluding carboxylic acids is 1. The predicted octanol–water partition coefficient (Wildman–Crippen LogP) is 1.28. The molecule has 3 nitrogen and oxygen atoms in total. The number of rotatable bonds is 0. The summed E-state index contributed by atoms with van der Waals surface area (Å²) in [4.78, 5) is 11.5. The molecule has 1 saturated heterocycles. The molecule has 1 spiro atoms. The second kappa shape index (κ2) is 2.93. The van der Waals surface area contributed by atoms with Crippen LogP contribution in [-0.2, 0) is 14.3 Å². The summed E-state index contributed by atoms with van der Waals surface area (Å²) in [5, 5.41) is 0. The smallest absolute Gasteiger partial charge is 0.189 e. The number of carbonyl (C=O) groups is 1. The summed E-state index contributed by atoms with van der Waals surface area (Å²) in [5.74, 6) is -0.356. The van der Waals surface area contributed by atoms with Crippen LogP contribution in [0.5, 0.6) is 0 Å². The lowest BCUT2D eigenvalue weighted by atomic mass is 9.86. The molecule has 0 aromatic rings. The lowest BCUT2D eigenvalue weighted by Crippen LogP contribution is -2.37. The fourth-order valence-electron chi connectivity index (χ4n) is 2.04. The number of hydrogen-bond acceptors (Lipinski definition) is 3. The minimum atomic E-state index is -0.586. The maximum atomic E-state index is 11.5. The van der Waals surface area contributed by atoms with Crippen LogP contribution in [0, 0.1) is 5.92 Å². The summed E-state index contributed by atoms with van der Waals surface area (Å²) in [6, 6.07) is 0. The summed E-state index contributed by atoms with van der Waals surface area (Å²) >= 11 is 0. The van der Waals surface area contributed by atoms with Crippen molar-refractivity contribution >= 4 is 5.78 Å². The average molecular weight is 182 g/mol. The van der Waals surface area contributed by atoms with Crippen molar-refractivity contribution in [1.82, 2.24) is 0 Å². The second-order valence-corrected chi connectivity index (χ2v) is 3.81. The number of hydrogen-bond donors (Lipinski definition) is 0. The van der Waals surface area contributed by atoms with E-state index in [1.54, 1.807) is 0 Å². The molecule has 0 aromatic heterocycles. The van der Waals surface area contributed by atoms with Gasteiger partial charge in [0.1, 0.15) is 0 Å². The van der Waals surface area contributed by atoms with E-state index in [-0.39, 0.29) is 11.7 Å². The van der Waals surface area contributed by atoms with Gasteiger partial charge in [-0.05, 0) is 18.6 Å². The standard InChI is InChI=1S/C10H14O3/c1-7-5-10(12-3-4-13-10)6-8(2)9(7)11/h5,8H,3-4,6H2,1-2H3. The Bertz CT molecular complexity index is 261. The highest BCUT2D eigenvalue weighted by Crippen LogP contribution is 2.35. The maximum Gasteiger partial charge on any atom is 0.189 e. The summed E-state index contributed by atoms with van der Waals surface area (Å²) in [6.45, 7) is 5.01. The Morgan fingerprint density at radius 1 is 1.46 bits per heavy atom. The topological polar surface area (TPSA) is 35.5 Å². The van der Waals surface area contributed by atoms with Gasteiger partial charge in [0.05, 0.1) is 13.2 Å². The van der Waals surface area contributed by atoms with Gasteiger partial charge >= 0.3 is 0 Å². The van der Waals surface area contributed by atoms with Gasteiger partial charge in [-0.15, -0.1) is 0 Å². The molecule has 3 heteroatoms. The van der Waals surface area contributed by atoms with E-state index in [1.165, 1.54) is 0 Å². The fraction of sp³-hybridized carbons (Fsp3) is 0.700. The van der Waals surface area contributed by atoms with Crippen molar-refractivity contribution in [3.05, 3.63) is 11.6 Å². The van der Waals surface area contributed by atoms with Crippen LogP contribution in [-0.4, -0.2) is 24.8 Å². The van der Waals surface area contributed by atoms with Gasteiger partial charge in [0.25, 0.3) is 0 Å². The van der Waals surface area contributed by atoms with E-state index in [2.05, 4.69) is 0 Å². The first-order chi connectivity index (χ1) is 6.13. The first-order valence-electron chi connectivity index (χ1n) is 4.64. The third-order valence-electron chi connectivity index (χ3n) is 2.64. The average Bonchev–Trinajstić information content (AvgIpc) is 2.49. The number of Topliss-reactive ketones (excluding diaryl/α,β-unsaturated/α-hetero) is 1. The van der Waals surface area contributed by atoms with Crippen LogP contribution in [0.25, 0.3) is 0 Å². The van der Waals surface area contributed by atoms with Crippen molar-refractivity contribution in [2.24, 2.45) is 5.92 Å². The van der Waals surface area contributed by atoms with Crippen molar-refractivity contribution in [2.75, 3.05) is 13.2 Å². The molecule has 1 unspecified atom stereocenters. The summed E-state index contributed by atoms with van der Waals surface area (Å²) in [7, 11) is 0. The Balaban J connectivity index is 2.29. The zero-order chi connectivity index (χ0) is 9.47. The molecule has 1 atom stereocenters. The number of ether oxygens (including phenoxy) is 2. The minimum Gasteiger partial charge on any atom is -0.344 e. The second-order valence-electron chi connectivity index (χ2n) is 3.81. The van der Waals surface area contributed by atoms with E-state index in [1.807, 2.05) is 19.9 Å². The molecule has 1 heterocycles. The SMILES string of the molecule is CC1=CC2(CC(C)C1=O)OCCO2. The van der Waals surface area contributed by atoms with Gasteiger partial charge in [-0.3, -0.25) is 4.79 Å². The van der Waals surface area contributed by atoms with Gasteiger partial charge in [0, 0.05) is 12.3 Å². The largest absolute Gasteiger partial charge is 0.344 e. The molecule has 13 heavy (non-hydrogen) atoms. The monoisotopic (exact) mass is 182 g/mol. The van der Waals surface area contributed by atoms with Crippen molar-refractivity contribution in [1.29, 1.82) is 0 Å². The van der Waals surface area contributed by atoms with Gasteiger partial charge in [0.2, 0.25) is 0 Å². The molecular formula is C10H14O3. The van der Waals surface area contributed by atoms with Crippen molar-refractivity contribution in [2.45, 2.75) is 26.1 Å². The molecule has 0 saturated carbocycles. The molecule has 0 bridgehead atoms. The number of allylic oxidation sites excluding steroid dienone is 1. The zero-order valence-corrected chi connectivity index (χ0v) is 8.00. The predicted molar refractivity (Wildman–Crippen MR) is 47.2 cm³/mol. The van der Waals surface area contributed by atoms with Gasteiger partial charge in [0.15, 0.2) is 11.6 Å². The summed E-state index contributed by atoms with van der Waals surface area (Å²) < 4.78 is 11.0. The van der Waals surface area contributed by atoms with Crippen molar-refractivity contribution in [3.63, 3.8) is 0 Å². The van der Waals surface area contributed by atoms with Crippen LogP contribution in [0.2, 0.25) is 0 Å². The molecule has 1 aliphatic heterocycles. The molecule has 0 aromatic carbocycles. The Labute approximate surface area is 77.7 Å². The van der Waals surface area contributed by atoms with Crippen molar-refractivity contribution in [3.8, 4) is 0 Å². The quantitative estimate of drug-likeness (QED) is 0.566. The Hall–Kier alpha value is -0.670. The van der Waals surface area contributed by atoms with E-state index in [0.717, 1.165) is 5.57 Å². The van der Waals surface area contributed by atoms with Crippen molar-refractivity contribution < 1.29 is 14.3 Å². The minimum absolute atomic E-state index is 0.0168. The van der Waals surface area contributed by atoms with Crippen LogP contribution in [0.4, 0.5) is 0 Å². The fourth-order valence-corrected chi connectivity index (χ4v) is 2.04. The maximum absolute atomic E-state index is 11.5.